The van der Waals surface area contributed by atoms with Gasteiger partial charge in [-0.1, -0.05) is 29.8 Å². The molecule has 0 fully saturated rings. The Labute approximate surface area is 113 Å². The van der Waals surface area contributed by atoms with Crippen LogP contribution in [0, 0.1) is 0 Å². The Bertz CT molecular complexity index is 623. The predicted octanol–water partition coefficient (Wildman–Crippen LogP) is 5.80. The molecule has 0 aliphatic heterocycles. The molecule has 3 aromatic rings. The fourth-order valence-corrected chi connectivity index (χ4v) is 3.71. The first-order chi connectivity index (χ1) is 8.33. The summed E-state index contributed by atoms with van der Waals surface area (Å²) in [6.07, 6.45) is 0. The second kappa shape index (κ2) is 4.65. The molecule has 0 aliphatic carbocycles. The maximum atomic E-state index is 6.01. The van der Waals surface area contributed by atoms with E-state index in [4.69, 9.17) is 11.6 Å². The molecule has 0 bridgehead atoms. The van der Waals surface area contributed by atoms with Crippen LogP contribution in [0.1, 0.15) is 0 Å². The maximum absolute atomic E-state index is 6.01. The van der Waals surface area contributed by atoms with E-state index in [0.717, 1.165) is 5.02 Å². The van der Waals surface area contributed by atoms with Gasteiger partial charge in [0.1, 0.15) is 0 Å². The first-order valence-electron chi connectivity index (χ1n) is 5.22. The standard InChI is InChI=1S/C14H9ClS2/c15-11-4-1-3-10(9-11)12-6-7-14(17-12)13-5-2-8-16-13/h1-9H. The number of halogens is 1. The van der Waals surface area contributed by atoms with Crippen LogP contribution in [-0.2, 0) is 0 Å². The average molecular weight is 277 g/mol. The van der Waals surface area contributed by atoms with E-state index in [1.165, 1.54) is 20.2 Å². The summed E-state index contributed by atoms with van der Waals surface area (Å²) in [5.41, 5.74) is 1.19. The van der Waals surface area contributed by atoms with E-state index in [0.29, 0.717) is 0 Å². The fraction of sp³-hybridized carbons (Fsp3) is 0. The molecule has 3 heteroatoms. The second-order valence-corrected chi connectivity index (χ2v) is 6.12. The van der Waals surface area contributed by atoms with Crippen LogP contribution >= 0.6 is 34.3 Å². The number of benzene rings is 1. The van der Waals surface area contributed by atoms with Crippen molar-refractivity contribution in [3.63, 3.8) is 0 Å². The third kappa shape index (κ3) is 2.29. The van der Waals surface area contributed by atoms with Crippen molar-refractivity contribution in [3.05, 3.63) is 58.9 Å². The van der Waals surface area contributed by atoms with Gasteiger partial charge in [-0.3, -0.25) is 0 Å². The molecule has 0 saturated heterocycles. The smallest absolute Gasteiger partial charge is 0.0449 e. The molecule has 17 heavy (non-hydrogen) atoms. The van der Waals surface area contributed by atoms with Gasteiger partial charge in [-0.05, 0) is 41.3 Å². The van der Waals surface area contributed by atoms with E-state index in [1.54, 1.807) is 22.7 Å². The lowest BCUT2D eigenvalue weighted by Crippen LogP contribution is -1.70. The van der Waals surface area contributed by atoms with E-state index in [2.05, 4.69) is 35.7 Å². The molecule has 0 saturated carbocycles. The lowest BCUT2D eigenvalue weighted by atomic mass is 10.2. The van der Waals surface area contributed by atoms with E-state index in [1.807, 2.05) is 18.2 Å². The number of rotatable bonds is 2. The van der Waals surface area contributed by atoms with Gasteiger partial charge >= 0.3 is 0 Å². The van der Waals surface area contributed by atoms with Gasteiger partial charge in [0, 0.05) is 19.7 Å². The minimum Gasteiger partial charge on any atom is -0.143 e. The molecule has 3 rings (SSSR count). The van der Waals surface area contributed by atoms with Gasteiger partial charge in [-0.2, -0.15) is 0 Å². The van der Waals surface area contributed by atoms with Gasteiger partial charge in [0.05, 0.1) is 0 Å². The molecule has 0 spiro atoms. The molecule has 2 aromatic heterocycles. The lowest BCUT2D eigenvalue weighted by Gasteiger charge is -1.97. The maximum Gasteiger partial charge on any atom is 0.0449 e. The first-order valence-corrected chi connectivity index (χ1v) is 7.30. The van der Waals surface area contributed by atoms with Gasteiger partial charge in [0.2, 0.25) is 0 Å². The molecule has 1 aromatic carbocycles. The van der Waals surface area contributed by atoms with Gasteiger partial charge in [0.15, 0.2) is 0 Å². The van der Waals surface area contributed by atoms with Crippen LogP contribution in [0.2, 0.25) is 5.02 Å². The van der Waals surface area contributed by atoms with E-state index in [-0.39, 0.29) is 0 Å². The summed E-state index contributed by atoms with van der Waals surface area (Å²) in [6, 6.07) is 16.6. The van der Waals surface area contributed by atoms with Crippen molar-refractivity contribution in [2.45, 2.75) is 0 Å². The molecule has 0 unspecified atom stereocenters. The summed E-state index contributed by atoms with van der Waals surface area (Å²) in [7, 11) is 0. The number of hydrogen-bond acceptors (Lipinski definition) is 2. The average Bonchev–Trinajstić information content (AvgIpc) is 3.00. The van der Waals surface area contributed by atoms with E-state index in [9.17, 15) is 0 Å². The minimum absolute atomic E-state index is 0.786. The summed E-state index contributed by atoms with van der Waals surface area (Å²) in [4.78, 5) is 3.90. The molecule has 84 valence electrons. The van der Waals surface area contributed by atoms with Crippen LogP contribution in [0.4, 0.5) is 0 Å². The lowest BCUT2D eigenvalue weighted by molar-refractivity contribution is 1.70. The van der Waals surface area contributed by atoms with Crippen molar-refractivity contribution in [2.75, 3.05) is 0 Å². The molecular formula is C14H9ClS2. The molecule has 0 nitrogen and oxygen atoms in total. The van der Waals surface area contributed by atoms with Gasteiger partial charge in [-0.15, -0.1) is 22.7 Å². The zero-order valence-electron chi connectivity index (χ0n) is 8.89. The van der Waals surface area contributed by atoms with Crippen molar-refractivity contribution < 1.29 is 0 Å². The Morgan fingerprint density at radius 3 is 2.47 bits per heavy atom. The molecule has 0 atom stereocenters. The zero-order chi connectivity index (χ0) is 11.7. The molecule has 0 aliphatic rings. The van der Waals surface area contributed by atoms with Crippen molar-refractivity contribution in [3.8, 4) is 20.2 Å². The zero-order valence-corrected chi connectivity index (χ0v) is 11.3. The van der Waals surface area contributed by atoms with Gasteiger partial charge < -0.3 is 0 Å². The highest BCUT2D eigenvalue weighted by molar-refractivity contribution is 7.23. The monoisotopic (exact) mass is 276 g/mol. The summed E-state index contributed by atoms with van der Waals surface area (Å²) < 4.78 is 0. The summed E-state index contributed by atoms with van der Waals surface area (Å²) >= 11 is 9.58. The second-order valence-electron chi connectivity index (χ2n) is 3.65. The van der Waals surface area contributed by atoms with E-state index < -0.39 is 0 Å². The van der Waals surface area contributed by atoms with Crippen LogP contribution in [0.5, 0.6) is 0 Å². The summed E-state index contributed by atoms with van der Waals surface area (Å²) in [5, 5.41) is 2.89. The Morgan fingerprint density at radius 2 is 1.71 bits per heavy atom. The quantitative estimate of drug-likeness (QED) is 0.555. The highest BCUT2D eigenvalue weighted by Gasteiger charge is 2.05. The minimum atomic E-state index is 0.786. The summed E-state index contributed by atoms with van der Waals surface area (Å²) in [5.74, 6) is 0. The Hall–Kier alpha value is -1.09. The Morgan fingerprint density at radius 1 is 0.824 bits per heavy atom. The van der Waals surface area contributed by atoms with Crippen LogP contribution in [-0.4, -0.2) is 0 Å². The van der Waals surface area contributed by atoms with Gasteiger partial charge in [-0.25, -0.2) is 0 Å². The number of thiophene rings is 2. The fourth-order valence-electron chi connectivity index (χ4n) is 1.69. The number of hydrogen-bond donors (Lipinski definition) is 0. The van der Waals surface area contributed by atoms with E-state index >= 15 is 0 Å². The van der Waals surface area contributed by atoms with Crippen LogP contribution in [0.3, 0.4) is 0 Å². The highest BCUT2D eigenvalue weighted by atomic mass is 35.5. The topological polar surface area (TPSA) is 0 Å². The van der Waals surface area contributed by atoms with Crippen molar-refractivity contribution >= 4 is 34.3 Å². The van der Waals surface area contributed by atoms with Crippen molar-refractivity contribution in [1.82, 2.24) is 0 Å². The summed E-state index contributed by atoms with van der Waals surface area (Å²) in [6.45, 7) is 0. The largest absolute Gasteiger partial charge is 0.143 e. The molecule has 0 radical (unpaired) electrons. The molecule has 0 amide bonds. The van der Waals surface area contributed by atoms with Crippen LogP contribution < -0.4 is 0 Å². The first kappa shape index (κ1) is 11.0. The van der Waals surface area contributed by atoms with Gasteiger partial charge in [0.25, 0.3) is 0 Å². The van der Waals surface area contributed by atoms with Crippen molar-refractivity contribution in [1.29, 1.82) is 0 Å². The van der Waals surface area contributed by atoms with Crippen LogP contribution in [0.25, 0.3) is 20.2 Å². The van der Waals surface area contributed by atoms with Crippen molar-refractivity contribution in [2.24, 2.45) is 0 Å². The third-order valence-electron chi connectivity index (χ3n) is 2.48. The normalized spacial score (nSPS) is 10.6. The molecule has 2 heterocycles. The predicted molar refractivity (Wildman–Crippen MR) is 78.1 cm³/mol. The highest BCUT2D eigenvalue weighted by Crippen LogP contribution is 2.36. The third-order valence-corrected chi connectivity index (χ3v) is 4.91. The Kier molecular flexibility index (Phi) is 3.02. The SMILES string of the molecule is Clc1cccc(-c2ccc(-c3cccs3)s2)c1. The molecule has 0 N–H and O–H groups in total. The molecular weight excluding hydrogens is 268 g/mol. The Balaban J connectivity index is 2.01. The van der Waals surface area contributed by atoms with Crippen LogP contribution in [0.15, 0.2) is 53.9 Å².